The minimum atomic E-state index is -0.397. The summed E-state index contributed by atoms with van der Waals surface area (Å²) < 4.78 is 13.5. The zero-order valence-electron chi connectivity index (χ0n) is 32.4. The Hall–Kier alpha value is -7.62. The predicted octanol–water partition coefficient (Wildman–Crippen LogP) is 15.6. The van der Waals surface area contributed by atoms with Gasteiger partial charge in [-0.3, -0.25) is 0 Å². The minimum absolute atomic E-state index is 0.397. The first-order chi connectivity index (χ1) is 29.1. The molecule has 2 heterocycles. The Morgan fingerprint density at radius 3 is 1.61 bits per heavy atom. The Morgan fingerprint density at radius 2 is 0.864 bits per heavy atom. The topological polar surface area (TPSA) is 29.5 Å². The summed E-state index contributed by atoms with van der Waals surface area (Å²) in [6.07, 6.45) is 0. The third-order valence-corrected chi connectivity index (χ3v) is 12.6. The van der Waals surface area contributed by atoms with E-state index in [-0.39, 0.29) is 0 Å². The van der Waals surface area contributed by atoms with Crippen LogP contribution >= 0.6 is 0 Å². The second kappa shape index (κ2) is 13.0. The van der Waals surface area contributed by atoms with Gasteiger partial charge in [0.15, 0.2) is 0 Å². The quantitative estimate of drug-likeness (QED) is 0.169. The summed E-state index contributed by atoms with van der Waals surface area (Å²) in [5.74, 6) is 0. The van der Waals surface area contributed by atoms with E-state index in [4.69, 9.17) is 8.83 Å². The predicted molar refractivity (Wildman–Crippen MR) is 244 cm³/mol. The second-order valence-electron chi connectivity index (χ2n) is 15.7. The number of furan rings is 2. The molecule has 0 saturated carbocycles. The lowest BCUT2D eigenvalue weighted by atomic mass is 9.74. The fraction of sp³-hybridized carbons (Fsp3) is 0.0357. The molecule has 11 aromatic rings. The number of nitrogens with zero attached hydrogens (tertiary/aromatic N) is 1. The van der Waals surface area contributed by atoms with Crippen LogP contribution in [0.2, 0.25) is 0 Å². The van der Waals surface area contributed by atoms with E-state index >= 15 is 0 Å². The van der Waals surface area contributed by atoms with Crippen molar-refractivity contribution in [3.8, 4) is 33.4 Å². The van der Waals surface area contributed by atoms with Crippen molar-refractivity contribution in [2.24, 2.45) is 0 Å². The zero-order chi connectivity index (χ0) is 39.1. The van der Waals surface area contributed by atoms with Crippen LogP contribution in [-0.4, -0.2) is 0 Å². The van der Waals surface area contributed by atoms with E-state index in [0.717, 1.165) is 77.6 Å². The average molecular weight is 756 g/mol. The van der Waals surface area contributed by atoms with Crippen LogP contribution in [0.5, 0.6) is 0 Å². The van der Waals surface area contributed by atoms with Gasteiger partial charge in [0.1, 0.15) is 22.3 Å². The van der Waals surface area contributed by atoms with Crippen molar-refractivity contribution in [2.75, 3.05) is 4.90 Å². The Labute approximate surface area is 342 Å². The Kier molecular flexibility index (Phi) is 7.36. The lowest BCUT2D eigenvalue weighted by Gasteiger charge is -2.28. The number of benzene rings is 9. The van der Waals surface area contributed by atoms with Gasteiger partial charge in [-0.25, -0.2) is 0 Å². The fourth-order valence-electron chi connectivity index (χ4n) is 9.78. The maximum atomic E-state index is 7.04. The van der Waals surface area contributed by atoms with E-state index in [0.29, 0.717) is 0 Å². The molecule has 0 bridgehead atoms. The molecule has 59 heavy (non-hydrogen) atoms. The van der Waals surface area contributed by atoms with E-state index in [2.05, 4.69) is 206 Å². The molecule has 0 amide bonds. The van der Waals surface area contributed by atoms with E-state index < -0.39 is 5.41 Å². The van der Waals surface area contributed by atoms with Gasteiger partial charge in [-0.05, 0) is 88.3 Å². The molecule has 0 aliphatic heterocycles. The first kappa shape index (κ1) is 33.5. The number of anilines is 3. The molecule has 12 rings (SSSR count). The van der Waals surface area contributed by atoms with Crippen molar-refractivity contribution < 1.29 is 8.83 Å². The summed E-state index contributed by atoms with van der Waals surface area (Å²) in [4.78, 5) is 2.37. The molecule has 2 aromatic heterocycles. The van der Waals surface area contributed by atoms with E-state index in [1.807, 2.05) is 12.1 Å². The van der Waals surface area contributed by atoms with Crippen LogP contribution in [0.25, 0.3) is 77.3 Å². The molecule has 3 heteroatoms. The van der Waals surface area contributed by atoms with Crippen molar-refractivity contribution >= 4 is 60.9 Å². The summed E-state index contributed by atoms with van der Waals surface area (Å²) >= 11 is 0. The largest absolute Gasteiger partial charge is 0.456 e. The molecule has 1 aliphatic rings. The summed E-state index contributed by atoms with van der Waals surface area (Å²) in [5.41, 5.74) is 17.2. The summed E-state index contributed by atoms with van der Waals surface area (Å²) in [5, 5.41) is 4.43. The average Bonchev–Trinajstić information content (AvgIpc) is 3.96. The van der Waals surface area contributed by atoms with Crippen LogP contribution in [-0.2, 0) is 5.41 Å². The smallest absolute Gasteiger partial charge is 0.143 e. The van der Waals surface area contributed by atoms with Crippen molar-refractivity contribution in [1.82, 2.24) is 0 Å². The maximum Gasteiger partial charge on any atom is 0.143 e. The molecule has 9 aromatic carbocycles. The fourth-order valence-corrected chi connectivity index (χ4v) is 9.78. The van der Waals surface area contributed by atoms with Gasteiger partial charge in [0, 0.05) is 44.1 Å². The molecule has 0 unspecified atom stereocenters. The van der Waals surface area contributed by atoms with Gasteiger partial charge in [0.05, 0.1) is 11.1 Å². The number of rotatable bonds is 6. The van der Waals surface area contributed by atoms with Crippen LogP contribution in [0.1, 0.15) is 23.6 Å². The SMILES string of the molecule is CC1(c2cccc3c2oc2cccc(N(c4ccc(-c5ccccc5)cc4)c4ccc(-c5cccc6c5oc5ccccc56)cc4)c23)c2ccccc2-c2ccccc21. The highest BCUT2D eigenvalue weighted by Crippen LogP contribution is 2.55. The first-order valence-corrected chi connectivity index (χ1v) is 20.3. The van der Waals surface area contributed by atoms with Crippen LogP contribution in [0.4, 0.5) is 17.1 Å². The molecule has 0 spiro atoms. The zero-order valence-corrected chi connectivity index (χ0v) is 32.4. The van der Waals surface area contributed by atoms with Crippen LogP contribution < -0.4 is 4.90 Å². The van der Waals surface area contributed by atoms with Crippen LogP contribution in [0.15, 0.2) is 215 Å². The van der Waals surface area contributed by atoms with Crippen molar-refractivity contribution in [3.05, 3.63) is 223 Å². The summed E-state index contributed by atoms with van der Waals surface area (Å²) in [7, 11) is 0. The molecule has 1 aliphatic carbocycles. The Bertz CT molecular complexity index is 3340. The van der Waals surface area contributed by atoms with Gasteiger partial charge in [-0.15, -0.1) is 0 Å². The van der Waals surface area contributed by atoms with Crippen molar-refractivity contribution in [2.45, 2.75) is 12.3 Å². The lowest BCUT2D eigenvalue weighted by Crippen LogP contribution is -2.22. The van der Waals surface area contributed by atoms with Gasteiger partial charge in [0.2, 0.25) is 0 Å². The van der Waals surface area contributed by atoms with Gasteiger partial charge >= 0.3 is 0 Å². The monoisotopic (exact) mass is 755 g/mol. The van der Waals surface area contributed by atoms with E-state index in [9.17, 15) is 0 Å². The molecular formula is C56H37NO2. The van der Waals surface area contributed by atoms with Crippen LogP contribution in [0.3, 0.4) is 0 Å². The molecule has 278 valence electrons. The molecule has 0 radical (unpaired) electrons. The van der Waals surface area contributed by atoms with E-state index in [1.165, 1.54) is 33.4 Å². The van der Waals surface area contributed by atoms with Crippen LogP contribution in [0, 0.1) is 0 Å². The Balaban J connectivity index is 1.04. The lowest BCUT2D eigenvalue weighted by molar-refractivity contribution is 0.638. The molecule has 0 N–H and O–H groups in total. The Morgan fingerprint density at radius 1 is 0.356 bits per heavy atom. The maximum absolute atomic E-state index is 7.04. The molecule has 0 atom stereocenters. The molecular weight excluding hydrogens is 719 g/mol. The van der Waals surface area contributed by atoms with Gasteiger partial charge < -0.3 is 13.7 Å². The number of hydrogen-bond acceptors (Lipinski definition) is 3. The van der Waals surface area contributed by atoms with Crippen molar-refractivity contribution in [1.29, 1.82) is 0 Å². The van der Waals surface area contributed by atoms with Gasteiger partial charge in [-0.2, -0.15) is 0 Å². The number of fused-ring (bicyclic) bond motifs is 9. The minimum Gasteiger partial charge on any atom is -0.456 e. The molecule has 0 saturated heterocycles. The molecule has 0 fully saturated rings. The third-order valence-electron chi connectivity index (χ3n) is 12.6. The highest BCUT2D eigenvalue weighted by Gasteiger charge is 2.42. The summed E-state index contributed by atoms with van der Waals surface area (Å²) in [6, 6.07) is 73.8. The highest BCUT2D eigenvalue weighted by molar-refractivity contribution is 6.15. The third kappa shape index (κ3) is 5.01. The van der Waals surface area contributed by atoms with Gasteiger partial charge in [-0.1, -0.05) is 164 Å². The summed E-state index contributed by atoms with van der Waals surface area (Å²) in [6.45, 7) is 2.36. The second-order valence-corrected chi connectivity index (χ2v) is 15.7. The number of hydrogen-bond donors (Lipinski definition) is 0. The number of para-hydroxylation sites is 3. The standard InChI is InChI=1S/C56H37NO2/c1-56(47-22-8-5-16-42(47)43-17-6-9-23-48(43)56)49-24-12-21-46-53-50(25-13-27-52(53)59-55(46)49)57(39-32-28-37(29-33-39)36-14-3-2-4-15-36)40-34-30-38(31-35-40)41-19-11-20-45-44-18-7-10-26-51(44)58-54(41)45/h2-35H,1H3. The molecule has 3 nitrogen and oxygen atoms in total. The first-order valence-electron chi connectivity index (χ1n) is 20.3. The van der Waals surface area contributed by atoms with Crippen molar-refractivity contribution in [3.63, 3.8) is 0 Å². The van der Waals surface area contributed by atoms with Gasteiger partial charge in [0.25, 0.3) is 0 Å². The van der Waals surface area contributed by atoms with E-state index in [1.54, 1.807) is 0 Å². The highest BCUT2D eigenvalue weighted by atomic mass is 16.3. The normalized spacial score (nSPS) is 13.0.